The second kappa shape index (κ2) is 8.98. The molecule has 0 atom stereocenters. The number of benzene rings is 1. The first-order valence-electron chi connectivity index (χ1n) is 11.2. The summed E-state index contributed by atoms with van der Waals surface area (Å²) in [5, 5.41) is 15.0. The molecule has 3 aromatic rings. The first-order valence-corrected chi connectivity index (χ1v) is 11.2. The van der Waals surface area contributed by atoms with Crippen LogP contribution in [0.2, 0.25) is 0 Å². The smallest absolute Gasteiger partial charge is 0.228 e. The van der Waals surface area contributed by atoms with E-state index in [-0.39, 0.29) is 23.8 Å². The van der Waals surface area contributed by atoms with Crippen molar-refractivity contribution in [3.05, 3.63) is 47.7 Å². The molecule has 1 aliphatic carbocycles. The van der Waals surface area contributed by atoms with Crippen molar-refractivity contribution in [1.82, 2.24) is 20.1 Å². The Kier molecular flexibility index (Phi) is 5.72. The van der Waals surface area contributed by atoms with Crippen LogP contribution in [0.4, 0.5) is 11.6 Å². The molecule has 172 valence electrons. The maximum atomic E-state index is 12.1. The van der Waals surface area contributed by atoms with E-state index in [1.807, 2.05) is 24.3 Å². The SMILES string of the molecule is CNc1ncc(C#Cc2ccc(OC3CN(C(C)=O)C3)cc2)c2cc(NC(=O)C3CC3)nnc12. The molecule has 1 aliphatic heterocycles. The number of likely N-dealkylation sites (tertiary alicyclic amines) is 1. The van der Waals surface area contributed by atoms with Crippen LogP contribution >= 0.6 is 0 Å². The third-order valence-corrected chi connectivity index (χ3v) is 5.86. The standard InChI is InChI=1S/C25H24N6O3/c1-15(32)31-13-20(14-31)34-19-9-4-16(5-10-19)3-6-18-12-27-24(26-2)23-21(18)11-22(29-30-23)28-25(33)17-7-8-17/h4-5,9-12,17,20H,7-8,13-14H2,1-2H3,(H,26,27)(H,28,29,33). The second-order valence-electron chi connectivity index (χ2n) is 8.46. The third kappa shape index (κ3) is 4.62. The van der Waals surface area contributed by atoms with Crippen molar-refractivity contribution in [2.45, 2.75) is 25.9 Å². The predicted molar refractivity (Wildman–Crippen MR) is 127 cm³/mol. The Bertz CT molecular complexity index is 1320. The van der Waals surface area contributed by atoms with Crippen LogP contribution in [0.15, 0.2) is 36.5 Å². The lowest BCUT2D eigenvalue weighted by atomic mass is 10.1. The Hall–Kier alpha value is -4.19. The quantitative estimate of drug-likeness (QED) is 0.568. The van der Waals surface area contributed by atoms with Crippen LogP contribution in [0.1, 0.15) is 30.9 Å². The zero-order chi connectivity index (χ0) is 23.7. The van der Waals surface area contributed by atoms with Crippen molar-refractivity contribution < 1.29 is 14.3 Å². The molecule has 0 unspecified atom stereocenters. The van der Waals surface area contributed by atoms with Gasteiger partial charge in [-0.15, -0.1) is 10.2 Å². The highest BCUT2D eigenvalue weighted by molar-refractivity contribution is 5.97. The number of hydrogen-bond acceptors (Lipinski definition) is 7. The number of nitrogens with one attached hydrogen (secondary N) is 2. The monoisotopic (exact) mass is 456 g/mol. The molecule has 2 aliphatic rings. The number of amides is 2. The van der Waals surface area contributed by atoms with Crippen LogP contribution in [0.3, 0.4) is 0 Å². The van der Waals surface area contributed by atoms with Crippen LogP contribution in [0, 0.1) is 17.8 Å². The van der Waals surface area contributed by atoms with Crippen LogP contribution in [-0.2, 0) is 9.59 Å². The van der Waals surface area contributed by atoms with E-state index in [9.17, 15) is 9.59 Å². The molecule has 0 radical (unpaired) electrons. The summed E-state index contributed by atoms with van der Waals surface area (Å²) >= 11 is 0. The van der Waals surface area contributed by atoms with E-state index >= 15 is 0 Å². The van der Waals surface area contributed by atoms with E-state index in [0.29, 0.717) is 35.8 Å². The molecule has 1 aromatic carbocycles. The predicted octanol–water partition coefficient (Wildman–Crippen LogP) is 2.42. The zero-order valence-corrected chi connectivity index (χ0v) is 19.0. The fraction of sp³-hybridized carbons (Fsp3) is 0.320. The molecule has 2 fully saturated rings. The minimum Gasteiger partial charge on any atom is -0.487 e. The van der Waals surface area contributed by atoms with Gasteiger partial charge in [-0.2, -0.15) is 0 Å². The summed E-state index contributed by atoms with van der Waals surface area (Å²) in [7, 11) is 1.77. The van der Waals surface area contributed by atoms with E-state index in [2.05, 4.69) is 37.7 Å². The second-order valence-corrected chi connectivity index (χ2v) is 8.46. The number of anilines is 2. The first-order chi connectivity index (χ1) is 16.5. The van der Waals surface area contributed by atoms with Gasteiger partial charge < -0.3 is 20.3 Å². The van der Waals surface area contributed by atoms with Gasteiger partial charge in [0.1, 0.15) is 17.4 Å². The largest absolute Gasteiger partial charge is 0.487 e. The van der Waals surface area contributed by atoms with Gasteiger partial charge in [0.2, 0.25) is 11.8 Å². The maximum Gasteiger partial charge on any atom is 0.228 e. The Morgan fingerprint density at radius 2 is 1.88 bits per heavy atom. The van der Waals surface area contributed by atoms with Crippen molar-refractivity contribution in [2.75, 3.05) is 30.8 Å². The van der Waals surface area contributed by atoms with Gasteiger partial charge in [-0.3, -0.25) is 9.59 Å². The van der Waals surface area contributed by atoms with E-state index in [1.165, 1.54) is 0 Å². The number of rotatable bonds is 5. The highest BCUT2D eigenvalue weighted by Gasteiger charge is 2.30. The summed E-state index contributed by atoms with van der Waals surface area (Å²) in [6.45, 7) is 2.80. The van der Waals surface area contributed by atoms with Crippen molar-refractivity contribution >= 4 is 34.4 Å². The zero-order valence-electron chi connectivity index (χ0n) is 19.0. The van der Waals surface area contributed by atoms with Gasteiger partial charge in [-0.1, -0.05) is 11.8 Å². The lowest BCUT2D eigenvalue weighted by Gasteiger charge is -2.38. The summed E-state index contributed by atoms with van der Waals surface area (Å²) in [5.74, 6) is 8.18. The Balaban J connectivity index is 1.34. The summed E-state index contributed by atoms with van der Waals surface area (Å²) in [4.78, 5) is 29.6. The van der Waals surface area contributed by atoms with Crippen LogP contribution in [0.25, 0.3) is 10.9 Å². The molecule has 2 amide bonds. The van der Waals surface area contributed by atoms with Gasteiger partial charge in [0.25, 0.3) is 0 Å². The summed E-state index contributed by atoms with van der Waals surface area (Å²) in [5.41, 5.74) is 2.09. The Labute approximate surface area is 196 Å². The van der Waals surface area contributed by atoms with Gasteiger partial charge in [0.15, 0.2) is 11.6 Å². The van der Waals surface area contributed by atoms with Gasteiger partial charge in [-0.05, 0) is 43.2 Å². The fourth-order valence-electron chi connectivity index (χ4n) is 3.67. The number of carbonyl (C=O) groups excluding carboxylic acids is 2. The highest BCUT2D eigenvalue weighted by Crippen LogP contribution is 2.30. The number of nitrogens with zero attached hydrogens (tertiary/aromatic N) is 4. The highest BCUT2D eigenvalue weighted by atomic mass is 16.5. The lowest BCUT2D eigenvalue weighted by Crippen LogP contribution is -2.55. The van der Waals surface area contributed by atoms with Crippen molar-refractivity contribution in [2.24, 2.45) is 5.92 Å². The van der Waals surface area contributed by atoms with Gasteiger partial charge >= 0.3 is 0 Å². The fourth-order valence-corrected chi connectivity index (χ4v) is 3.67. The molecule has 2 aromatic heterocycles. The van der Waals surface area contributed by atoms with E-state index in [0.717, 1.165) is 29.5 Å². The summed E-state index contributed by atoms with van der Waals surface area (Å²) < 4.78 is 5.89. The van der Waals surface area contributed by atoms with Crippen LogP contribution in [-0.4, -0.2) is 58.1 Å². The number of aromatic nitrogens is 3. The molecule has 1 saturated carbocycles. The minimum atomic E-state index is -0.0256. The number of carbonyl (C=O) groups is 2. The van der Waals surface area contributed by atoms with Gasteiger partial charge in [-0.25, -0.2) is 4.98 Å². The van der Waals surface area contributed by atoms with Crippen molar-refractivity contribution in [3.8, 4) is 17.6 Å². The maximum absolute atomic E-state index is 12.1. The molecule has 34 heavy (non-hydrogen) atoms. The molecule has 2 N–H and O–H groups in total. The molecular weight excluding hydrogens is 432 g/mol. The summed E-state index contributed by atoms with van der Waals surface area (Å²) in [6.07, 6.45) is 3.54. The average molecular weight is 457 g/mol. The first kappa shape index (κ1) is 21.6. The molecule has 9 heteroatoms. The number of pyridine rings is 1. The number of ether oxygens (including phenoxy) is 1. The lowest BCUT2D eigenvalue weighted by molar-refractivity contribution is -0.137. The molecular formula is C25H24N6O3. The van der Waals surface area contributed by atoms with E-state index in [4.69, 9.17) is 4.74 Å². The van der Waals surface area contributed by atoms with Gasteiger partial charge in [0, 0.05) is 37.0 Å². The average Bonchev–Trinajstić information content (AvgIpc) is 3.65. The Morgan fingerprint density at radius 1 is 1.12 bits per heavy atom. The normalized spacial score (nSPS) is 15.2. The third-order valence-electron chi connectivity index (χ3n) is 5.86. The minimum absolute atomic E-state index is 0.0256. The van der Waals surface area contributed by atoms with E-state index < -0.39 is 0 Å². The molecule has 0 bridgehead atoms. The van der Waals surface area contributed by atoms with Crippen molar-refractivity contribution in [1.29, 1.82) is 0 Å². The van der Waals surface area contributed by atoms with E-state index in [1.54, 1.807) is 31.1 Å². The molecule has 9 nitrogen and oxygen atoms in total. The number of fused-ring (bicyclic) bond motifs is 1. The number of hydrogen-bond donors (Lipinski definition) is 2. The van der Waals surface area contributed by atoms with Gasteiger partial charge in [0.05, 0.1) is 18.7 Å². The topological polar surface area (TPSA) is 109 Å². The molecule has 5 rings (SSSR count). The van der Waals surface area contributed by atoms with Crippen LogP contribution < -0.4 is 15.4 Å². The van der Waals surface area contributed by atoms with Crippen molar-refractivity contribution in [3.63, 3.8) is 0 Å². The van der Waals surface area contributed by atoms with Crippen LogP contribution in [0.5, 0.6) is 5.75 Å². The molecule has 3 heterocycles. The Morgan fingerprint density at radius 3 is 2.56 bits per heavy atom. The summed E-state index contributed by atoms with van der Waals surface area (Å²) in [6, 6.07) is 9.32. The molecule has 1 saturated heterocycles. The molecule has 0 spiro atoms.